The lowest BCUT2D eigenvalue weighted by Crippen LogP contribution is -2.35. The molecule has 1 atom stereocenters. The van der Waals surface area contributed by atoms with Crippen molar-refractivity contribution in [2.75, 3.05) is 26.7 Å². The highest BCUT2D eigenvalue weighted by atomic mass is 16.3. The van der Waals surface area contributed by atoms with E-state index in [1.165, 1.54) is 31.5 Å². The molecule has 1 aliphatic rings. The molecule has 1 heterocycles. The topological polar surface area (TPSA) is 35.5 Å². The number of phenols is 1. The van der Waals surface area contributed by atoms with Crippen molar-refractivity contribution in [3.05, 3.63) is 29.8 Å². The van der Waals surface area contributed by atoms with Gasteiger partial charge < -0.3 is 15.3 Å². The van der Waals surface area contributed by atoms with Gasteiger partial charge in [0.25, 0.3) is 0 Å². The fraction of sp³-hybridized carbons (Fsp3) is 0.600. The Morgan fingerprint density at radius 3 is 2.50 bits per heavy atom. The Morgan fingerprint density at radius 2 is 1.89 bits per heavy atom. The van der Waals surface area contributed by atoms with Crippen LogP contribution in [-0.4, -0.2) is 36.7 Å². The lowest BCUT2D eigenvalue weighted by atomic mass is 9.96. The SMILES string of the molecule is CC(NCC1CCN(C)CC1)c1ccc(O)cc1. The second kappa shape index (κ2) is 6.21. The number of hydrogen-bond acceptors (Lipinski definition) is 3. The van der Waals surface area contributed by atoms with E-state index < -0.39 is 0 Å². The van der Waals surface area contributed by atoms with Crippen LogP contribution in [0.5, 0.6) is 5.75 Å². The molecule has 1 aromatic rings. The standard InChI is InChI=1S/C15H24N2O/c1-12(14-3-5-15(18)6-4-14)16-11-13-7-9-17(2)10-8-13/h3-6,12-13,16,18H,7-11H2,1-2H3. The Kier molecular flexibility index (Phi) is 4.61. The Balaban J connectivity index is 1.77. The van der Waals surface area contributed by atoms with E-state index in [2.05, 4.69) is 24.2 Å². The highest BCUT2D eigenvalue weighted by Crippen LogP contribution is 2.19. The largest absolute Gasteiger partial charge is 0.508 e. The van der Waals surface area contributed by atoms with Gasteiger partial charge in [-0.3, -0.25) is 0 Å². The number of aromatic hydroxyl groups is 1. The van der Waals surface area contributed by atoms with Gasteiger partial charge in [-0.15, -0.1) is 0 Å². The Bertz CT molecular complexity index is 355. The summed E-state index contributed by atoms with van der Waals surface area (Å²) < 4.78 is 0. The van der Waals surface area contributed by atoms with Gasteiger partial charge in [0.2, 0.25) is 0 Å². The number of likely N-dealkylation sites (tertiary alicyclic amines) is 1. The number of nitrogens with one attached hydrogen (secondary N) is 1. The third kappa shape index (κ3) is 3.72. The average Bonchev–Trinajstić information content (AvgIpc) is 2.38. The first-order valence-electron chi connectivity index (χ1n) is 6.86. The highest BCUT2D eigenvalue weighted by Gasteiger charge is 2.17. The summed E-state index contributed by atoms with van der Waals surface area (Å²) >= 11 is 0. The summed E-state index contributed by atoms with van der Waals surface area (Å²) in [7, 11) is 2.20. The summed E-state index contributed by atoms with van der Waals surface area (Å²) in [4.78, 5) is 2.40. The quantitative estimate of drug-likeness (QED) is 0.859. The molecule has 0 radical (unpaired) electrons. The minimum absolute atomic E-state index is 0.335. The van der Waals surface area contributed by atoms with Gasteiger partial charge in [-0.2, -0.15) is 0 Å². The van der Waals surface area contributed by atoms with Crippen molar-refractivity contribution < 1.29 is 5.11 Å². The molecule has 1 fully saturated rings. The first-order valence-corrected chi connectivity index (χ1v) is 6.86. The summed E-state index contributed by atoms with van der Waals surface area (Å²) in [6, 6.07) is 7.83. The Hall–Kier alpha value is -1.06. The van der Waals surface area contributed by atoms with Crippen LogP contribution >= 0.6 is 0 Å². The Labute approximate surface area is 110 Å². The highest BCUT2D eigenvalue weighted by molar-refractivity contribution is 5.27. The lowest BCUT2D eigenvalue weighted by Gasteiger charge is -2.30. The van der Waals surface area contributed by atoms with Crippen LogP contribution in [0, 0.1) is 5.92 Å². The molecule has 0 bridgehead atoms. The smallest absolute Gasteiger partial charge is 0.115 e. The third-order valence-corrected chi connectivity index (χ3v) is 3.94. The van der Waals surface area contributed by atoms with Crippen molar-refractivity contribution >= 4 is 0 Å². The normalized spacial score (nSPS) is 19.9. The van der Waals surface area contributed by atoms with Crippen LogP contribution in [0.4, 0.5) is 0 Å². The molecule has 2 N–H and O–H groups in total. The first kappa shape index (κ1) is 13.4. The second-order valence-electron chi connectivity index (χ2n) is 5.47. The van der Waals surface area contributed by atoms with Crippen LogP contribution in [0.3, 0.4) is 0 Å². The van der Waals surface area contributed by atoms with E-state index in [0.29, 0.717) is 11.8 Å². The zero-order chi connectivity index (χ0) is 13.0. The summed E-state index contributed by atoms with van der Waals surface area (Å²) in [6.45, 7) is 5.72. The van der Waals surface area contributed by atoms with Gasteiger partial charge in [-0.1, -0.05) is 12.1 Å². The van der Waals surface area contributed by atoms with Gasteiger partial charge in [-0.25, -0.2) is 0 Å². The van der Waals surface area contributed by atoms with Crippen LogP contribution < -0.4 is 5.32 Å². The van der Waals surface area contributed by atoms with Crippen molar-refractivity contribution in [2.45, 2.75) is 25.8 Å². The van der Waals surface area contributed by atoms with Crippen LogP contribution in [0.15, 0.2) is 24.3 Å². The molecular formula is C15H24N2O. The minimum Gasteiger partial charge on any atom is -0.508 e. The summed E-state index contributed by atoms with van der Waals surface area (Å²) in [5.41, 5.74) is 1.24. The number of nitrogens with zero attached hydrogens (tertiary/aromatic N) is 1. The molecule has 2 rings (SSSR count). The van der Waals surface area contributed by atoms with E-state index in [-0.39, 0.29) is 0 Å². The molecule has 0 aliphatic carbocycles. The fourth-order valence-corrected chi connectivity index (χ4v) is 2.49. The zero-order valence-corrected chi connectivity index (χ0v) is 11.4. The predicted molar refractivity (Wildman–Crippen MR) is 74.7 cm³/mol. The van der Waals surface area contributed by atoms with Crippen molar-refractivity contribution in [3.63, 3.8) is 0 Å². The van der Waals surface area contributed by atoms with E-state index >= 15 is 0 Å². The van der Waals surface area contributed by atoms with Crippen molar-refractivity contribution in [1.82, 2.24) is 10.2 Å². The van der Waals surface area contributed by atoms with Crippen LogP contribution in [0.2, 0.25) is 0 Å². The molecule has 3 nitrogen and oxygen atoms in total. The van der Waals surface area contributed by atoms with Gasteiger partial charge in [0, 0.05) is 6.04 Å². The van der Waals surface area contributed by atoms with Gasteiger partial charge in [-0.05, 0) is 70.1 Å². The van der Waals surface area contributed by atoms with E-state index in [0.717, 1.165) is 12.5 Å². The van der Waals surface area contributed by atoms with E-state index in [9.17, 15) is 5.11 Å². The molecule has 1 aromatic carbocycles. The monoisotopic (exact) mass is 248 g/mol. The molecule has 1 unspecified atom stereocenters. The maximum atomic E-state index is 9.27. The maximum absolute atomic E-state index is 9.27. The van der Waals surface area contributed by atoms with E-state index in [1.807, 2.05) is 12.1 Å². The van der Waals surface area contributed by atoms with Crippen LogP contribution in [0.1, 0.15) is 31.4 Å². The van der Waals surface area contributed by atoms with E-state index in [1.54, 1.807) is 12.1 Å². The fourth-order valence-electron chi connectivity index (χ4n) is 2.49. The number of piperidine rings is 1. The number of rotatable bonds is 4. The predicted octanol–water partition coefficient (Wildman–Crippen LogP) is 2.38. The second-order valence-corrected chi connectivity index (χ2v) is 5.47. The minimum atomic E-state index is 0.335. The molecule has 0 saturated carbocycles. The molecule has 100 valence electrons. The first-order chi connectivity index (χ1) is 8.65. The number of hydrogen-bond donors (Lipinski definition) is 2. The summed E-state index contributed by atoms with van der Waals surface area (Å²) in [6.07, 6.45) is 2.59. The molecule has 18 heavy (non-hydrogen) atoms. The third-order valence-electron chi connectivity index (χ3n) is 3.94. The lowest BCUT2D eigenvalue weighted by molar-refractivity contribution is 0.213. The maximum Gasteiger partial charge on any atom is 0.115 e. The van der Waals surface area contributed by atoms with Crippen molar-refractivity contribution in [1.29, 1.82) is 0 Å². The number of phenolic OH excluding ortho intramolecular Hbond substituents is 1. The molecular weight excluding hydrogens is 224 g/mol. The molecule has 0 amide bonds. The molecule has 0 spiro atoms. The Morgan fingerprint density at radius 1 is 1.28 bits per heavy atom. The van der Waals surface area contributed by atoms with Gasteiger partial charge >= 0.3 is 0 Å². The van der Waals surface area contributed by atoms with Crippen molar-refractivity contribution in [2.24, 2.45) is 5.92 Å². The van der Waals surface area contributed by atoms with Crippen LogP contribution in [0.25, 0.3) is 0 Å². The molecule has 0 aromatic heterocycles. The summed E-state index contributed by atoms with van der Waals surface area (Å²) in [5.74, 6) is 1.14. The van der Waals surface area contributed by atoms with Gasteiger partial charge in [0.1, 0.15) is 5.75 Å². The van der Waals surface area contributed by atoms with E-state index in [4.69, 9.17) is 0 Å². The summed E-state index contributed by atoms with van der Waals surface area (Å²) in [5, 5.41) is 12.9. The van der Waals surface area contributed by atoms with Gasteiger partial charge in [0.05, 0.1) is 0 Å². The van der Waals surface area contributed by atoms with Crippen molar-refractivity contribution in [3.8, 4) is 5.75 Å². The molecule has 1 aliphatic heterocycles. The number of benzene rings is 1. The molecule has 1 saturated heterocycles. The average molecular weight is 248 g/mol. The molecule has 3 heteroatoms. The van der Waals surface area contributed by atoms with Gasteiger partial charge in [0.15, 0.2) is 0 Å². The van der Waals surface area contributed by atoms with Crippen LogP contribution in [-0.2, 0) is 0 Å². The zero-order valence-electron chi connectivity index (χ0n) is 11.4.